The van der Waals surface area contributed by atoms with Crippen molar-refractivity contribution in [3.8, 4) is 5.75 Å². The number of rotatable bonds is 4. The number of ether oxygens (including phenoxy) is 1. The molecular formula is C17H15ClFNO2. The molecule has 0 radical (unpaired) electrons. The van der Waals surface area contributed by atoms with Crippen LogP contribution in [0.15, 0.2) is 42.5 Å². The first kappa shape index (κ1) is 14.9. The van der Waals surface area contributed by atoms with E-state index in [9.17, 15) is 9.18 Å². The van der Waals surface area contributed by atoms with Gasteiger partial charge in [-0.25, -0.2) is 4.39 Å². The zero-order chi connectivity index (χ0) is 15.7. The molecule has 0 heterocycles. The summed E-state index contributed by atoms with van der Waals surface area (Å²) in [6, 6.07) is 11.4. The highest BCUT2D eigenvalue weighted by atomic mass is 35.5. The van der Waals surface area contributed by atoms with Crippen LogP contribution in [-0.2, 0) is 4.79 Å². The van der Waals surface area contributed by atoms with Gasteiger partial charge < -0.3 is 10.1 Å². The standard InChI is InChI=1S/C17H15ClFNO2/c1-22-12-6-7-15(18)16(8-12)20-17(21)14-9-13(14)10-2-4-11(19)5-3-10/h2-8,13-14H,9H2,1H3,(H,20,21). The lowest BCUT2D eigenvalue weighted by atomic mass is 10.1. The molecule has 1 saturated carbocycles. The summed E-state index contributed by atoms with van der Waals surface area (Å²) in [5.74, 6) is 0.321. The van der Waals surface area contributed by atoms with E-state index in [2.05, 4.69) is 5.32 Å². The average Bonchev–Trinajstić information content (AvgIpc) is 3.31. The summed E-state index contributed by atoms with van der Waals surface area (Å²) in [5, 5.41) is 3.30. The molecule has 0 saturated heterocycles. The predicted molar refractivity (Wildman–Crippen MR) is 83.9 cm³/mol. The fourth-order valence-corrected chi connectivity index (χ4v) is 2.68. The van der Waals surface area contributed by atoms with Crippen LogP contribution in [0.2, 0.25) is 5.02 Å². The average molecular weight is 320 g/mol. The van der Waals surface area contributed by atoms with Crippen molar-refractivity contribution < 1.29 is 13.9 Å². The normalized spacial score (nSPS) is 19.6. The van der Waals surface area contributed by atoms with Crippen LogP contribution in [0.3, 0.4) is 0 Å². The van der Waals surface area contributed by atoms with E-state index in [1.165, 1.54) is 12.1 Å². The van der Waals surface area contributed by atoms with E-state index in [0.29, 0.717) is 16.5 Å². The molecule has 0 bridgehead atoms. The minimum Gasteiger partial charge on any atom is -0.497 e. The largest absolute Gasteiger partial charge is 0.497 e. The van der Waals surface area contributed by atoms with Crippen LogP contribution in [0.1, 0.15) is 17.9 Å². The van der Waals surface area contributed by atoms with Crippen molar-refractivity contribution in [2.75, 3.05) is 12.4 Å². The van der Waals surface area contributed by atoms with Crippen LogP contribution in [0, 0.1) is 11.7 Å². The molecule has 114 valence electrons. The number of nitrogens with one attached hydrogen (secondary N) is 1. The molecule has 3 rings (SSSR count). The second-order valence-corrected chi connectivity index (χ2v) is 5.74. The Morgan fingerprint density at radius 1 is 1.27 bits per heavy atom. The molecule has 1 aliphatic rings. The van der Waals surface area contributed by atoms with Gasteiger partial charge in [-0.05, 0) is 42.2 Å². The van der Waals surface area contributed by atoms with Crippen molar-refractivity contribution in [3.05, 3.63) is 58.9 Å². The Balaban J connectivity index is 1.68. The maximum absolute atomic E-state index is 12.9. The zero-order valence-electron chi connectivity index (χ0n) is 12.0. The number of anilines is 1. The number of hydrogen-bond acceptors (Lipinski definition) is 2. The lowest BCUT2D eigenvalue weighted by Gasteiger charge is -2.09. The number of carbonyl (C=O) groups is 1. The van der Waals surface area contributed by atoms with Gasteiger partial charge in [-0.15, -0.1) is 0 Å². The van der Waals surface area contributed by atoms with Crippen molar-refractivity contribution in [2.45, 2.75) is 12.3 Å². The SMILES string of the molecule is COc1ccc(Cl)c(NC(=O)C2CC2c2ccc(F)cc2)c1. The summed E-state index contributed by atoms with van der Waals surface area (Å²) >= 11 is 6.08. The molecule has 2 atom stereocenters. The van der Waals surface area contributed by atoms with E-state index in [-0.39, 0.29) is 23.6 Å². The van der Waals surface area contributed by atoms with Gasteiger partial charge in [0.2, 0.25) is 5.91 Å². The van der Waals surface area contributed by atoms with Crippen molar-refractivity contribution in [3.63, 3.8) is 0 Å². The Morgan fingerprint density at radius 2 is 2.00 bits per heavy atom. The number of halogens is 2. The van der Waals surface area contributed by atoms with Gasteiger partial charge in [0.25, 0.3) is 0 Å². The predicted octanol–water partition coefficient (Wildman–Crippen LogP) is 4.23. The Hall–Kier alpha value is -2.07. The number of carbonyl (C=O) groups excluding carboxylic acids is 1. The molecule has 2 aromatic carbocycles. The quantitative estimate of drug-likeness (QED) is 0.915. The lowest BCUT2D eigenvalue weighted by Crippen LogP contribution is -2.15. The molecule has 2 unspecified atom stereocenters. The van der Waals surface area contributed by atoms with E-state index in [4.69, 9.17) is 16.3 Å². The van der Waals surface area contributed by atoms with Crippen LogP contribution in [0.5, 0.6) is 5.75 Å². The van der Waals surface area contributed by atoms with Crippen molar-refractivity contribution in [1.82, 2.24) is 0 Å². The molecule has 3 nitrogen and oxygen atoms in total. The van der Waals surface area contributed by atoms with Crippen molar-refractivity contribution >= 4 is 23.2 Å². The second-order valence-electron chi connectivity index (χ2n) is 5.34. The summed E-state index contributed by atoms with van der Waals surface area (Å²) in [5.41, 5.74) is 1.52. The fourth-order valence-electron chi connectivity index (χ4n) is 2.52. The van der Waals surface area contributed by atoms with Crippen molar-refractivity contribution in [1.29, 1.82) is 0 Å². The van der Waals surface area contributed by atoms with Gasteiger partial charge in [-0.2, -0.15) is 0 Å². The first-order chi connectivity index (χ1) is 10.6. The minimum absolute atomic E-state index is 0.0792. The highest BCUT2D eigenvalue weighted by Crippen LogP contribution is 2.48. The van der Waals surface area contributed by atoms with Gasteiger partial charge in [0.15, 0.2) is 0 Å². The van der Waals surface area contributed by atoms with Gasteiger partial charge in [0.05, 0.1) is 17.8 Å². The number of methoxy groups -OCH3 is 1. The summed E-state index contributed by atoms with van der Waals surface area (Å²) < 4.78 is 18.0. The maximum atomic E-state index is 12.9. The summed E-state index contributed by atoms with van der Waals surface area (Å²) in [6.45, 7) is 0. The highest BCUT2D eigenvalue weighted by Gasteiger charge is 2.44. The monoisotopic (exact) mass is 319 g/mol. The van der Waals surface area contributed by atoms with Gasteiger partial charge in [-0.1, -0.05) is 23.7 Å². The topological polar surface area (TPSA) is 38.3 Å². The molecule has 1 N–H and O–H groups in total. The summed E-state index contributed by atoms with van der Waals surface area (Å²) in [4.78, 5) is 12.3. The minimum atomic E-state index is -0.270. The van der Waals surface area contributed by atoms with Gasteiger partial charge in [0.1, 0.15) is 11.6 Å². The van der Waals surface area contributed by atoms with Crippen LogP contribution >= 0.6 is 11.6 Å². The Bertz CT molecular complexity index is 702. The molecule has 0 aromatic heterocycles. The third kappa shape index (κ3) is 3.07. The van der Waals surface area contributed by atoms with E-state index in [1.807, 2.05) is 0 Å². The Labute approximate surface area is 133 Å². The number of amides is 1. The summed E-state index contributed by atoms with van der Waals surface area (Å²) in [7, 11) is 1.56. The van der Waals surface area contributed by atoms with Crippen LogP contribution < -0.4 is 10.1 Å². The molecule has 1 aliphatic carbocycles. The molecule has 22 heavy (non-hydrogen) atoms. The number of benzene rings is 2. The van der Waals surface area contributed by atoms with E-state index < -0.39 is 0 Å². The van der Waals surface area contributed by atoms with E-state index >= 15 is 0 Å². The van der Waals surface area contributed by atoms with Gasteiger partial charge >= 0.3 is 0 Å². The Morgan fingerprint density at radius 3 is 2.68 bits per heavy atom. The second kappa shape index (κ2) is 5.97. The Kier molecular flexibility index (Phi) is 4.03. The van der Waals surface area contributed by atoms with Crippen LogP contribution in [0.25, 0.3) is 0 Å². The molecule has 5 heteroatoms. The maximum Gasteiger partial charge on any atom is 0.228 e. The molecule has 0 spiro atoms. The molecule has 1 fully saturated rings. The number of hydrogen-bond donors (Lipinski definition) is 1. The summed E-state index contributed by atoms with van der Waals surface area (Å²) in [6.07, 6.45) is 0.763. The molecule has 0 aliphatic heterocycles. The lowest BCUT2D eigenvalue weighted by molar-refractivity contribution is -0.117. The highest BCUT2D eigenvalue weighted by molar-refractivity contribution is 6.33. The van der Waals surface area contributed by atoms with E-state index in [0.717, 1.165) is 12.0 Å². The first-order valence-corrected chi connectivity index (χ1v) is 7.36. The zero-order valence-corrected chi connectivity index (χ0v) is 12.7. The third-order valence-corrected chi connectivity index (χ3v) is 4.19. The molecular weight excluding hydrogens is 305 g/mol. The van der Waals surface area contributed by atoms with Crippen molar-refractivity contribution in [2.24, 2.45) is 5.92 Å². The van der Waals surface area contributed by atoms with Gasteiger partial charge in [-0.3, -0.25) is 4.79 Å². The van der Waals surface area contributed by atoms with Crippen LogP contribution in [0.4, 0.5) is 10.1 Å². The fraction of sp³-hybridized carbons (Fsp3) is 0.235. The van der Waals surface area contributed by atoms with E-state index in [1.54, 1.807) is 37.4 Å². The van der Waals surface area contributed by atoms with Crippen LogP contribution in [-0.4, -0.2) is 13.0 Å². The third-order valence-electron chi connectivity index (χ3n) is 3.86. The molecule has 2 aromatic rings. The first-order valence-electron chi connectivity index (χ1n) is 6.98. The van der Waals surface area contributed by atoms with Gasteiger partial charge in [0, 0.05) is 12.0 Å². The molecule has 1 amide bonds. The smallest absolute Gasteiger partial charge is 0.228 e.